The molecule has 2 nitrogen and oxygen atoms in total. The third-order valence-electron chi connectivity index (χ3n) is 6.30. The van der Waals surface area contributed by atoms with E-state index in [1.165, 1.54) is 38.5 Å². The predicted molar refractivity (Wildman–Crippen MR) is 73.6 cm³/mol. The Morgan fingerprint density at radius 2 is 1.37 bits per heavy atom. The van der Waals surface area contributed by atoms with Gasteiger partial charge in [-0.15, -0.1) is 0 Å². The van der Waals surface area contributed by atoms with Gasteiger partial charge in [-0.1, -0.05) is 6.42 Å². The van der Waals surface area contributed by atoms with Gasteiger partial charge in [0.2, 0.25) is 0 Å². The minimum Gasteiger partial charge on any atom is -0.462 e. The van der Waals surface area contributed by atoms with E-state index in [0.717, 1.165) is 49.9 Å². The SMILES string of the molecule is O=C(OC1CCCCC1)C12CC3CC(CC(C3)C1)C2. The number of carbonyl (C=O) groups is 1. The molecular formula is C17H26O2. The standard InChI is InChI=1S/C17H26O2/c18-16(19-15-4-2-1-3-5-15)17-9-12-6-13(10-17)8-14(7-12)11-17/h12-15H,1-11H2. The van der Waals surface area contributed by atoms with E-state index < -0.39 is 0 Å². The van der Waals surface area contributed by atoms with E-state index in [4.69, 9.17) is 4.74 Å². The fourth-order valence-electron chi connectivity index (χ4n) is 5.82. The van der Waals surface area contributed by atoms with E-state index in [2.05, 4.69) is 0 Å². The first-order valence-electron chi connectivity index (χ1n) is 8.45. The summed E-state index contributed by atoms with van der Waals surface area (Å²) in [6.07, 6.45) is 13.9. The second kappa shape index (κ2) is 4.49. The van der Waals surface area contributed by atoms with Crippen molar-refractivity contribution in [3.05, 3.63) is 0 Å². The number of carbonyl (C=O) groups excluding carboxylic acids is 1. The smallest absolute Gasteiger partial charge is 0.312 e. The zero-order valence-electron chi connectivity index (χ0n) is 11.9. The summed E-state index contributed by atoms with van der Waals surface area (Å²) in [5.74, 6) is 2.71. The van der Waals surface area contributed by atoms with Crippen LogP contribution in [0.2, 0.25) is 0 Å². The molecule has 0 radical (unpaired) electrons. The molecule has 0 saturated heterocycles. The molecule has 4 bridgehead atoms. The minimum atomic E-state index is -0.0494. The van der Waals surface area contributed by atoms with Gasteiger partial charge in [0.1, 0.15) is 6.10 Å². The fourth-order valence-corrected chi connectivity index (χ4v) is 5.82. The maximum atomic E-state index is 12.7. The van der Waals surface area contributed by atoms with Crippen LogP contribution in [0, 0.1) is 23.2 Å². The van der Waals surface area contributed by atoms with Gasteiger partial charge in [0.25, 0.3) is 0 Å². The van der Waals surface area contributed by atoms with E-state index in [0.29, 0.717) is 0 Å². The molecule has 5 saturated carbocycles. The Morgan fingerprint density at radius 1 is 0.842 bits per heavy atom. The van der Waals surface area contributed by atoms with E-state index in [1.807, 2.05) is 0 Å². The van der Waals surface area contributed by atoms with Crippen molar-refractivity contribution in [2.24, 2.45) is 23.2 Å². The normalized spacial score (nSPS) is 45.4. The van der Waals surface area contributed by atoms with Crippen molar-refractivity contribution >= 4 is 5.97 Å². The van der Waals surface area contributed by atoms with Gasteiger partial charge in [0.15, 0.2) is 0 Å². The number of hydrogen-bond donors (Lipinski definition) is 0. The van der Waals surface area contributed by atoms with Crippen LogP contribution in [0.1, 0.15) is 70.6 Å². The molecule has 0 unspecified atom stereocenters. The quantitative estimate of drug-likeness (QED) is 0.701. The highest BCUT2D eigenvalue weighted by Crippen LogP contribution is 2.60. The lowest BCUT2D eigenvalue weighted by Crippen LogP contribution is -2.51. The van der Waals surface area contributed by atoms with Gasteiger partial charge in [-0.05, 0) is 82.0 Å². The first kappa shape index (κ1) is 12.2. The van der Waals surface area contributed by atoms with Crippen molar-refractivity contribution in [1.29, 1.82) is 0 Å². The average molecular weight is 262 g/mol. The number of ether oxygens (including phenoxy) is 1. The first-order chi connectivity index (χ1) is 9.23. The molecule has 5 aliphatic rings. The molecule has 0 aromatic heterocycles. The Bertz CT molecular complexity index is 332. The van der Waals surface area contributed by atoms with Crippen LogP contribution < -0.4 is 0 Å². The lowest BCUT2D eigenvalue weighted by molar-refractivity contribution is -0.178. The zero-order chi connectivity index (χ0) is 12.9. The summed E-state index contributed by atoms with van der Waals surface area (Å²) < 4.78 is 5.94. The highest BCUT2D eigenvalue weighted by Gasteiger charge is 2.55. The van der Waals surface area contributed by atoms with E-state index in [9.17, 15) is 4.79 Å². The van der Waals surface area contributed by atoms with E-state index >= 15 is 0 Å². The highest BCUT2D eigenvalue weighted by molar-refractivity contribution is 5.77. The molecule has 5 fully saturated rings. The molecule has 0 amide bonds. The summed E-state index contributed by atoms with van der Waals surface area (Å²) in [6.45, 7) is 0. The molecule has 106 valence electrons. The molecule has 0 heterocycles. The number of rotatable bonds is 2. The second-order valence-electron chi connectivity index (χ2n) is 7.86. The number of hydrogen-bond acceptors (Lipinski definition) is 2. The maximum absolute atomic E-state index is 12.7. The van der Waals surface area contributed by atoms with Crippen LogP contribution in [0.25, 0.3) is 0 Å². The van der Waals surface area contributed by atoms with Crippen LogP contribution in [0.4, 0.5) is 0 Å². The van der Waals surface area contributed by atoms with Gasteiger partial charge in [-0.25, -0.2) is 0 Å². The Labute approximate surface area is 116 Å². The van der Waals surface area contributed by atoms with Crippen LogP contribution in [0.5, 0.6) is 0 Å². The van der Waals surface area contributed by atoms with Gasteiger partial charge in [0.05, 0.1) is 5.41 Å². The summed E-state index contributed by atoms with van der Waals surface area (Å²) in [4.78, 5) is 12.7. The molecule has 0 aliphatic heterocycles. The number of esters is 1. The molecule has 0 N–H and O–H groups in total. The molecule has 2 heteroatoms. The third-order valence-corrected chi connectivity index (χ3v) is 6.30. The van der Waals surface area contributed by atoms with Gasteiger partial charge in [-0.2, -0.15) is 0 Å². The van der Waals surface area contributed by atoms with Gasteiger partial charge in [-0.3, -0.25) is 4.79 Å². The molecule has 5 aliphatic carbocycles. The third kappa shape index (κ3) is 2.11. The highest BCUT2D eigenvalue weighted by atomic mass is 16.5. The average Bonchev–Trinajstić information content (AvgIpc) is 2.38. The van der Waals surface area contributed by atoms with E-state index in [-0.39, 0.29) is 17.5 Å². The molecule has 19 heavy (non-hydrogen) atoms. The Morgan fingerprint density at radius 3 is 1.89 bits per heavy atom. The van der Waals surface area contributed by atoms with Crippen LogP contribution in [0.3, 0.4) is 0 Å². The van der Waals surface area contributed by atoms with Crippen molar-refractivity contribution in [2.75, 3.05) is 0 Å². The van der Waals surface area contributed by atoms with Crippen LogP contribution in [0.15, 0.2) is 0 Å². The largest absolute Gasteiger partial charge is 0.462 e. The Kier molecular flexibility index (Phi) is 2.89. The molecule has 0 atom stereocenters. The van der Waals surface area contributed by atoms with Crippen molar-refractivity contribution in [2.45, 2.75) is 76.7 Å². The second-order valence-corrected chi connectivity index (χ2v) is 7.86. The Balaban J connectivity index is 1.47. The van der Waals surface area contributed by atoms with E-state index in [1.54, 1.807) is 0 Å². The first-order valence-corrected chi connectivity index (χ1v) is 8.45. The maximum Gasteiger partial charge on any atom is 0.312 e. The predicted octanol–water partition coefficient (Wildman–Crippen LogP) is 4.08. The monoisotopic (exact) mass is 262 g/mol. The molecule has 0 aromatic rings. The Hall–Kier alpha value is -0.530. The summed E-state index contributed by atoms with van der Waals surface area (Å²) >= 11 is 0. The van der Waals surface area contributed by atoms with Crippen molar-refractivity contribution in [3.8, 4) is 0 Å². The lowest BCUT2D eigenvalue weighted by Gasteiger charge is -2.55. The fraction of sp³-hybridized carbons (Fsp3) is 0.941. The topological polar surface area (TPSA) is 26.3 Å². The molecule has 5 rings (SSSR count). The summed E-state index contributed by atoms with van der Waals surface area (Å²) in [5, 5.41) is 0. The van der Waals surface area contributed by atoms with Crippen LogP contribution in [-0.2, 0) is 9.53 Å². The van der Waals surface area contributed by atoms with Gasteiger partial charge in [0, 0.05) is 0 Å². The van der Waals surface area contributed by atoms with Gasteiger partial charge >= 0.3 is 5.97 Å². The van der Waals surface area contributed by atoms with Crippen LogP contribution >= 0.6 is 0 Å². The molecule has 0 spiro atoms. The zero-order valence-corrected chi connectivity index (χ0v) is 11.9. The molecular weight excluding hydrogens is 236 g/mol. The van der Waals surface area contributed by atoms with Crippen molar-refractivity contribution in [3.63, 3.8) is 0 Å². The van der Waals surface area contributed by atoms with Crippen LogP contribution in [-0.4, -0.2) is 12.1 Å². The van der Waals surface area contributed by atoms with Crippen molar-refractivity contribution < 1.29 is 9.53 Å². The summed E-state index contributed by atoms with van der Waals surface area (Å²) in [5.41, 5.74) is -0.0494. The molecule has 0 aromatic carbocycles. The lowest BCUT2D eigenvalue weighted by atomic mass is 9.49. The minimum absolute atomic E-state index is 0.0494. The summed E-state index contributed by atoms with van der Waals surface area (Å²) in [7, 11) is 0. The van der Waals surface area contributed by atoms with Gasteiger partial charge < -0.3 is 4.74 Å². The summed E-state index contributed by atoms with van der Waals surface area (Å²) in [6, 6.07) is 0. The van der Waals surface area contributed by atoms with Crippen molar-refractivity contribution in [1.82, 2.24) is 0 Å².